The monoisotopic (exact) mass is 420 g/mol. The highest BCUT2D eigenvalue weighted by atomic mass is 16.5. The number of hydrazone groups is 1. The van der Waals surface area contributed by atoms with Gasteiger partial charge in [0.25, 0.3) is 5.91 Å². The summed E-state index contributed by atoms with van der Waals surface area (Å²) < 4.78 is 10.7. The molecular weight excluding hydrogens is 396 g/mol. The zero-order chi connectivity index (χ0) is 22.2. The van der Waals surface area contributed by atoms with Crippen molar-refractivity contribution in [2.75, 3.05) is 13.7 Å². The quantitative estimate of drug-likeness (QED) is 0.428. The molecule has 0 saturated heterocycles. The van der Waals surface area contributed by atoms with Gasteiger partial charge in [0.15, 0.2) is 0 Å². The standard InChI is InChI=1S/C23H24N4O4/c1-4-31-19-7-5-17(6-8-19)21-13-24-14-22(26-21)23(29)27-25-12-16-9-18(15(2)28)11-20(10-16)30-3/h5-15,28H,4H2,1-3H3,(H,27,29)/b25-12+. The van der Waals surface area contributed by atoms with Gasteiger partial charge in [0.2, 0.25) is 0 Å². The Hall–Kier alpha value is -3.78. The molecule has 0 spiro atoms. The molecule has 8 nitrogen and oxygen atoms in total. The molecule has 0 aliphatic carbocycles. The third-order valence-corrected chi connectivity index (χ3v) is 4.38. The number of methoxy groups -OCH3 is 1. The topological polar surface area (TPSA) is 106 Å². The average Bonchev–Trinajstić information content (AvgIpc) is 2.79. The molecule has 0 saturated carbocycles. The highest BCUT2D eigenvalue weighted by molar-refractivity contribution is 5.93. The number of hydrogen-bond donors (Lipinski definition) is 2. The lowest BCUT2D eigenvalue weighted by Gasteiger charge is -2.09. The van der Waals surface area contributed by atoms with Crippen LogP contribution in [0.4, 0.5) is 0 Å². The van der Waals surface area contributed by atoms with Crippen LogP contribution in [0.25, 0.3) is 11.3 Å². The van der Waals surface area contributed by atoms with Crippen molar-refractivity contribution in [2.45, 2.75) is 20.0 Å². The van der Waals surface area contributed by atoms with Crippen LogP contribution in [0, 0.1) is 0 Å². The predicted octanol–water partition coefficient (Wildman–Crippen LogP) is 3.37. The number of aliphatic hydroxyl groups excluding tert-OH is 1. The minimum absolute atomic E-state index is 0.138. The van der Waals surface area contributed by atoms with Gasteiger partial charge in [-0.3, -0.25) is 9.78 Å². The Morgan fingerprint density at radius 2 is 1.97 bits per heavy atom. The van der Waals surface area contributed by atoms with Crippen molar-refractivity contribution in [1.29, 1.82) is 0 Å². The highest BCUT2D eigenvalue weighted by Crippen LogP contribution is 2.22. The Morgan fingerprint density at radius 1 is 1.19 bits per heavy atom. The van der Waals surface area contributed by atoms with E-state index < -0.39 is 12.0 Å². The maximum atomic E-state index is 12.4. The molecular formula is C23H24N4O4. The minimum Gasteiger partial charge on any atom is -0.497 e. The van der Waals surface area contributed by atoms with Crippen LogP contribution in [0.2, 0.25) is 0 Å². The van der Waals surface area contributed by atoms with Gasteiger partial charge >= 0.3 is 0 Å². The van der Waals surface area contributed by atoms with E-state index in [0.29, 0.717) is 29.2 Å². The number of carbonyl (C=O) groups excluding carboxylic acids is 1. The lowest BCUT2D eigenvalue weighted by atomic mass is 10.1. The third kappa shape index (κ3) is 5.86. The Morgan fingerprint density at radius 3 is 2.65 bits per heavy atom. The van der Waals surface area contributed by atoms with Crippen LogP contribution in [-0.4, -0.2) is 40.9 Å². The molecule has 0 aliphatic heterocycles. The van der Waals surface area contributed by atoms with E-state index in [-0.39, 0.29) is 5.69 Å². The summed E-state index contributed by atoms with van der Waals surface area (Å²) in [6, 6.07) is 12.6. The van der Waals surface area contributed by atoms with Crippen molar-refractivity contribution in [1.82, 2.24) is 15.4 Å². The van der Waals surface area contributed by atoms with Crippen molar-refractivity contribution in [3.05, 3.63) is 71.7 Å². The molecule has 31 heavy (non-hydrogen) atoms. The van der Waals surface area contributed by atoms with E-state index in [2.05, 4.69) is 20.5 Å². The van der Waals surface area contributed by atoms with Crippen LogP contribution in [0.15, 0.2) is 60.0 Å². The first kappa shape index (κ1) is 21.9. The number of amides is 1. The average molecular weight is 420 g/mol. The predicted molar refractivity (Wildman–Crippen MR) is 117 cm³/mol. The molecule has 1 unspecified atom stereocenters. The van der Waals surface area contributed by atoms with E-state index in [1.54, 1.807) is 38.4 Å². The Bertz CT molecular complexity index is 1070. The van der Waals surface area contributed by atoms with E-state index in [9.17, 15) is 9.90 Å². The van der Waals surface area contributed by atoms with Gasteiger partial charge in [-0.25, -0.2) is 10.4 Å². The number of ether oxygens (including phenoxy) is 2. The Labute approximate surface area is 180 Å². The number of carbonyl (C=O) groups is 1. The number of rotatable bonds is 8. The second-order valence-corrected chi connectivity index (χ2v) is 6.66. The van der Waals surface area contributed by atoms with Crippen molar-refractivity contribution >= 4 is 12.1 Å². The number of aromatic nitrogens is 2. The molecule has 160 valence electrons. The lowest BCUT2D eigenvalue weighted by Crippen LogP contribution is -2.19. The molecule has 0 bridgehead atoms. The molecule has 0 aliphatic rings. The van der Waals surface area contributed by atoms with E-state index in [1.807, 2.05) is 31.2 Å². The zero-order valence-electron chi connectivity index (χ0n) is 17.6. The van der Waals surface area contributed by atoms with Gasteiger partial charge in [0.1, 0.15) is 17.2 Å². The number of nitrogens with zero attached hydrogens (tertiary/aromatic N) is 3. The smallest absolute Gasteiger partial charge is 0.291 e. The molecule has 8 heteroatoms. The lowest BCUT2D eigenvalue weighted by molar-refractivity contribution is 0.0950. The summed E-state index contributed by atoms with van der Waals surface area (Å²) in [5.74, 6) is 0.856. The fraction of sp³-hybridized carbons (Fsp3) is 0.217. The first-order valence-corrected chi connectivity index (χ1v) is 9.76. The van der Waals surface area contributed by atoms with Crippen LogP contribution in [0.1, 0.15) is 41.6 Å². The Kier molecular flexibility index (Phi) is 7.29. The van der Waals surface area contributed by atoms with Gasteiger partial charge in [-0.05, 0) is 67.4 Å². The molecule has 1 aromatic heterocycles. The maximum Gasteiger partial charge on any atom is 0.291 e. The van der Waals surface area contributed by atoms with Gasteiger partial charge in [0, 0.05) is 5.56 Å². The van der Waals surface area contributed by atoms with E-state index in [0.717, 1.165) is 11.3 Å². The molecule has 2 aromatic carbocycles. The fourth-order valence-electron chi connectivity index (χ4n) is 2.81. The van der Waals surface area contributed by atoms with Crippen LogP contribution >= 0.6 is 0 Å². The molecule has 0 fully saturated rings. The minimum atomic E-state index is -0.655. The van der Waals surface area contributed by atoms with Gasteiger partial charge in [-0.2, -0.15) is 5.10 Å². The van der Waals surface area contributed by atoms with E-state index >= 15 is 0 Å². The summed E-state index contributed by atoms with van der Waals surface area (Å²) in [7, 11) is 1.54. The van der Waals surface area contributed by atoms with Gasteiger partial charge in [-0.15, -0.1) is 0 Å². The van der Waals surface area contributed by atoms with Gasteiger partial charge in [0.05, 0.1) is 44.1 Å². The van der Waals surface area contributed by atoms with E-state index in [1.165, 1.54) is 12.4 Å². The summed E-state index contributed by atoms with van der Waals surface area (Å²) in [6.45, 7) is 4.17. The van der Waals surface area contributed by atoms with Crippen molar-refractivity contribution in [3.63, 3.8) is 0 Å². The van der Waals surface area contributed by atoms with E-state index in [4.69, 9.17) is 9.47 Å². The molecule has 3 aromatic rings. The number of hydrogen-bond acceptors (Lipinski definition) is 7. The SMILES string of the molecule is CCOc1ccc(-c2cncc(C(=O)N/N=C/c3cc(OC)cc(C(C)O)c3)n2)cc1. The molecule has 2 N–H and O–H groups in total. The van der Waals surface area contributed by atoms with Crippen molar-refractivity contribution in [2.24, 2.45) is 5.10 Å². The first-order chi connectivity index (χ1) is 15.0. The maximum absolute atomic E-state index is 12.4. The summed E-state index contributed by atoms with van der Waals surface area (Å²) >= 11 is 0. The molecule has 1 heterocycles. The second kappa shape index (κ2) is 10.3. The van der Waals surface area contributed by atoms with Crippen LogP contribution in [0.5, 0.6) is 11.5 Å². The fourth-order valence-corrected chi connectivity index (χ4v) is 2.81. The zero-order valence-corrected chi connectivity index (χ0v) is 17.6. The summed E-state index contributed by atoms with van der Waals surface area (Å²) in [5.41, 5.74) is 5.31. The molecule has 3 rings (SSSR count). The number of benzene rings is 2. The summed E-state index contributed by atoms with van der Waals surface area (Å²) in [6.07, 6.45) is 3.78. The van der Waals surface area contributed by atoms with Gasteiger partial charge < -0.3 is 14.6 Å². The summed E-state index contributed by atoms with van der Waals surface area (Å²) in [4.78, 5) is 20.9. The Balaban J connectivity index is 1.71. The molecule has 1 amide bonds. The van der Waals surface area contributed by atoms with Crippen LogP contribution in [-0.2, 0) is 0 Å². The van der Waals surface area contributed by atoms with Crippen molar-refractivity contribution < 1.29 is 19.4 Å². The molecule has 1 atom stereocenters. The second-order valence-electron chi connectivity index (χ2n) is 6.66. The first-order valence-electron chi connectivity index (χ1n) is 9.76. The van der Waals surface area contributed by atoms with Crippen molar-refractivity contribution in [3.8, 4) is 22.8 Å². The number of aliphatic hydroxyl groups is 1. The normalized spacial score (nSPS) is 11.9. The highest BCUT2D eigenvalue weighted by Gasteiger charge is 2.10. The third-order valence-electron chi connectivity index (χ3n) is 4.38. The summed E-state index contributed by atoms with van der Waals surface area (Å²) in [5, 5.41) is 13.8. The molecule has 0 radical (unpaired) electrons. The van der Waals surface area contributed by atoms with Crippen LogP contribution in [0.3, 0.4) is 0 Å². The van der Waals surface area contributed by atoms with Crippen LogP contribution < -0.4 is 14.9 Å². The van der Waals surface area contributed by atoms with Gasteiger partial charge in [-0.1, -0.05) is 0 Å². The largest absolute Gasteiger partial charge is 0.497 e. The number of nitrogens with one attached hydrogen (secondary N) is 1.